The quantitative estimate of drug-likeness (QED) is 0.724. The molecule has 0 saturated carbocycles. The fourth-order valence-electron chi connectivity index (χ4n) is 1.90. The van der Waals surface area contributed by atoms with Crippen molar-refractivity contribution in [3.63, 3.8) is 0 Å². The van der Waals surface area contributed by atoms with E-state index in [-0.39, 0.29) is 0 Å². The molecule has 0 saturated heterocycles. The van der Waals surface area contributed by atoms with Gasteiger partial charge in [-0.05, 0) is 39.1 Å². The Bertz CT molecular complexity index is 322. The van der Waals surface area contributed by atoms with Gasteiger partial charge in [-0.2, -0.15) is 16.9 Å². The van der Waals surface area contributed by atoms with Crippen LogP contribution < -0.4 is 5.32 Å². The summed E-state index contributed by atoms with van der Waals surface area (Å²) in [5.41, 5.74) is 2.47. The molecule has 1 heterocycles. The molecule has 1 unspecified atom stereocenters. The van der Waals surface area contributed by atoms with E-state index in [1.807, 2.05) is 11.8 Å². The van der Waals surface area contributed by atoms with Crippen molar-refractivity contribution in [2.75, 3.05) is 18.6 Å². The Balaban J connectivity index is 2.53. The van der Waals surface area contributed by atoms with Gasteiger partial charge in [0.15, 0.2) is 0 Å². The molecule has 1 N–H and O–H groups in total. The second kappa shape index (κ2) is 7.77. The van der Waals surface area contributed by atoms with Crippen LogP contribution >= 0.6 is 11.8 Å². The van der Waals surface area contributed by atoms with Crippen molar-refractivity contribution >= 4 is 11.8 Å². The van der Waals surface area contributed by atoms with Crippen molar-refractivity contribution in [3.05, 3.63) is 17.5 Å². The summed E-state index contributed by atoms with van der Waals surface area (Å²) in [6.45, 7) is 7.41. The lowest BCUT2D eigenvalue weighted by atomic mass is 10.2. The predicted molar refractivity (Wildman–Crippen MR) is 76.8 cm³/mol. The minimum atomic E-state index is 0.549. The Hall–Kier alpha value is -0.480. The molecule has 1 aromatic heterocycles. The van der Waals surface area contributed by atoms with E-state index in [9.17, 15) is 0 Å². The fourth-order valence-corrected chi connectivity index (χ4v) is 2.93. The summed E-state index contributed by atoms with van der Waals surface area (Å²) in [6, 6.07) is 2.76. The molecular formula is C13H25N3S. The topological polar surface area (TPSA) is 29.9 Å². The zero-order chi connectivity index (χ0) is 12.7. The Morgan fingerprint density at radius 3 is 2.82 bits per heavy atom. The van der Waals surface area contributed by atoms with Gasteiger partial charge in [0.2, 0.25) is 0 Å². The Morgan fingerprint density at radius 2 is 2.24 bits per heavy atom. The third-order valence-corrected chi connectivity index (χ3v) is 4.15. The third-order valence-electron chi connectivity index (χ3n) is 2.82. The van der Waals surface area contributed by atoms with Gasteiger partial charge in [0.05, 0.1) is 5.69 Å². The minimum absolute atomic E-state index is 0.549. The smallest absolute Gasteiger partial charge is 0.0596 e. The highest BCUT2D eigenvalue weighted by molar-refractivity contribution is 7.99. The lowest BCUT2D eigenvalue weighted by Crippen LogP contribution is -2.31. The number of thioether (sulfide) groups is 1. The summed E-state index contributed by atoms with van der Waals surface area (Å²) in [5.74, 6) is 2.43. The van der Waals surface area contributed by atoms with Crippen molar-refractivity contribution in [3.8, 4) is 0 Å². The molecule has 0 bridgehead atoms. The summed E-state index contributed by atoms with van der Waals surface area (Å²) in [7, 11) is 2.05. The number of aromatic nitrogens is 2. The number of hydrogen-bond donors (Lipinski definition) is 1. The standard InChI is InChI=1S/C13H25N3S/c1-5-7-17-10-12(14-4)9-13-8-11(3)15-16(13)6-2/h8,12,14H,5-7,9-10H2,1-4H3. The van der Waals surface area contributed by atoms with Crippen molar-refractivity contribution in [2.45, 2.75) is 46.2 Å². The number of aryl methyl sites for hydroxylation is 2. The molecule has 0 aliphatic heterocycles. The predicted octanol–water partition coefficient (Wildman–Crippen LogP) is 2.49. The SMILES string of the molecule is CCCSCC(Cc1cc(C)nn1CC)NC. The summed E-state index contributed by atoms with van der Waals surface area (Å²) >= 11 is 2.03. The maximum absolute atomic E-state index is 4.50. The molecule has 0 amide bonds. The van der Waals surface area contributed by atoms with E-state index < -0.39 is 0 Å². The van der Waals surface area contributed by atoms with Crippen molar-refractivity contribution in [1.29, 1.82) is 0 Å². The van der Waals surface area contributed by atoms with Crippen LogP contribution in [0.2, 0.25) is 0 Å². The largest absolute Gasteiger partial charge is 0.316 e. The third kappa shape index (κ3) is 4.72. The number of likely N-dealkylation sites (N-methyl/N-ethyl adjacent to an activating group) is 1. The van der Waals surface area contributed by atoms with Crippen molar-refractivity contribution in [2.24, 2.45) is 0 Å². The summed E-state index contributed by atoms with van der Waals surface area (Å²) in [6.07, 6.45) is 2.33. The van der Waals surface area contributed by atoms with Crippen LogP contribution in [0.25, 0.3) is 0 Å². The monoisotopic (exact) mass is 255 g/mol. The summed E-state index contributed by atoms with van der Waals surface area (Å²) in [5, 5.41) is 7.90. The lowest BCUT2D eigenvalue weighted by Gasteiger charge is -2.16. The number of nitrogens with one attached hydrogen (secondary N) is 1. The van der Waals surface area contributed by atoms with E-state index in [4.69, 9.17) is 0 Å². The number of rotatable bonds is 8. The fraction of sp³-hybridized carbons (Fsp3) is 0.769. The second-order valence-electron chi connectivity index (χ2n) is 4.36. The first-order chi connectivity index (χ1) is 8.21. The molecule has 0 aliphatic rings. The van der Waals surface area contributed by atoms with Crippen molar-refractivity contribution < 1.29 is 0 Å². The van der Waals surface area contributed by atoms with E-state index in [1.165, 1.54) is 23.6 Å². The van der Waals surface area contributed by atoms with Crippen LogP contribution in [-0.4, -0.2) is 34.4 Å². The Kier molecular flexibility index (Phi) is 6.66. The van der Waals surface area contributed by atoms with Crippen LogP contribution in [0, 0.1) is 6.92 Å². The number of hydrogen-bond acceptors (Lipinski definition) is 3. The highest BCUT2D eigenvalue weighted by Crippen LogP contribution is 2.11. The maximum atomic E-state index is 4.50. The van der Waals surface area contributed by atoms with Crippen molar-refractivity contribution in [1.82, 2.24) is 15.1 Å². The molecule has 1 atom stereocenters. The van der Waals surface area contributed by atoms with Gasteiger partial charge in [-0.15, -0.1) is 0 Å². The normalized spacial score (nSPS) is 12.9. The molecule has 1 aromatic rings. The molecule has 17 heavy (non-hydrogen) atoms. The zero-order valence-corrected chi connectivity index (χ0v) is 12.3. The highest BCUT2D eigenvalue weighted by Gasteiger charge is 2.11. The van der Waals surface area contributed by atoms with E-state index in [1.54, 1.807) is 0 Å². The van der Waals surface area contributed by atoms with Gasteiger partial charge in [0.25, 0.3) is 0 Å². The molecule has 1 rings (SSSR count). The summed E-state index contributed by atoms with van der Waals surface area (Å²) in [4.78, 5) is 0. The Labute approximate surface area is 109 Å². The lowest BCUT2D eigenvalue weighted by molar-refractivity contribution is 0.556. The summed E-state index contributed by atoms with van der Waals surface area (Å²) < 4.78 is 2.12. The average Bonchev–Trinajstić information content (AvgIpc) is 2.68. The van der Waals surface area contributed by atoms with E-state index in [2.05, 4.69) is 49.0 Å². The van der Waals surface area contributed by atoms with Crippen LogP contribution in [0.3, 0.4) is 0 Å². The van der Waals surface area contributed by atoms with E-state index >= 15 is 0 Å². The molecule has 0 aromatic carbocycles. The van der Waals surface area contributed by atoms with Crippen LogP contribution in [-0.2, 0) is 13.0 Å². The molecule has 0 spiro atoms. The molecule has 0 radical (unpaired) electrons. The first-order valence-electron chi connectivity index (χ1n) is 6.49. The molecule has 98 valence electrons. The van der Waals surface area contributed by atoms with Gasteiger partial charge in [0, 0.05) is 30.5 Å². The molecule has 4 heteroatoms. The van der Waals surface area contributed by atoms with Crippen LogP contribution in [0.5, 0.6) is 0 Å². The highest BCUT2D eigenvalue weighted by atomic mass is 32.2. The van der Waals surface area contributed by atoms with Gasteiger partial charge in [-0.3, -0.25) is 4.68 Å². The Morgan fingerprint density at radius 1 is 1.47 bits per heavy atom. The molecule has 0 aliphatic carbocycles. The van der Waals surface area contributed by atoms with Crippen LogP contribution in [0.15, 0.2) is 6.07 Å². The second-order valence-corrected chi connectivity index (χ2v) is 5.51. The average molecular weight is 255 g/mol. The van der Waals surface area contributed by atoms with Gasteiger partial charge in [0.1, 0.15) is 0 Å². The molecule has 3 nitrogen and oxygen atoms in total. The van der Waals surface area contributed by atoms with Gasteiger partial charge < -0.3 is 5.32 Å². The first-order valence-corrected chi connectivity index (χ1v) is 7.65. The van der Waals surface area contributed by atoms with Crippen LogP contribution in [0.1, 0.15) is 31.7 Å². The van der Waals surface area contributed by atoms with Gasteiger partial charge in [-0.25, -0.2) is 0 Å². The van der Waals surface area contributed by atoms with E-state index in [0.29, 0.717) is 6.04 Å². The number of nitrogens with zero attached hydrogens (tertiary/aromatic N) is 2. The minimum Gasteiger partial charge on any atom is -0.316 e. The van der Waals surface area contributed by atoms with Crippen LogP contribution in [0.4, 0.5) is 0 Å². The molecular weight excluding hydrogens is 230 g/mol. The molecule has 0 fully saturated rings. The van der Waals surface area contributed by atoms with E-state index in [0.717, 1.165) is 18.7 Å². The van der Waals surface area contributed by atoms with Gasteiger partial charge in [-0.1, -0.05) is 6.92 Å². The first kappa shape index (κ1) is 14.6. The zero-order valence-electron chi connectivity index (χ0n) is 11.5. The maximum Gasteiger partial charge on any atom is 0.0596 e. The van der Waals surface area contributed by atoms with Gasteiger partial charge >= 0.3 is 0 Å².